The molecule has 80 valence electrons. The number of rotatable bonds is 1. The fraction of sp³-hybridized carbons (Fsp3) is 0.125. The first-order chi connectivity index (χ1) is 6.97. The van der Waals surface area contributed by atoms with Crippen LogP contribution in [0.3, 0.4) is 0 Å². The topological polar surface area (TPSA) is 72.5 Å². The number of ether oxygens (including phenoxy) is 1. The van der Waals surface area contributed by atoms with Crippen molar-refractivity contribution in [1.29, 1.82) is 0 Å². The van der Waals surface area contributed by atoms with Gasteiger partial charge in [-0.3, -0.25) is 0 Å². The molecule has 0 unspecified atom stereocenters. The Balaban J connectivity index is 2.50. The van der Waals surface area contributed by atoms with Crippen LogP contribution >= 0.6 is 10.7 Å². The molecule has 0 atom stereocenters. The predicted molar refractivity (Wildman–Crippen MR) is 52.3 cm³/mol. The number of hydrogen-bond acceptors (Lipinski definition) is 4. The number of carbonyl (C=O) groups excluding carboxylic acids is 1. The molecule has 1 N–H and O–H groups in total. The highest BCUT2D eigenvalue weighted by Crippen LogP contribution is 2.27. The van der Waals surface area contributed by atoms with Gasteiger partial charge in [0.25, 0.3) is 9.05 Å². The summed E-state index contributed by atoms with van der Waals surface area (Å²) < 4.78 is 26.8. The zero-order valence-electron chi connectivity index (χ0n) is 7.36. The van der Waals surface area contributed by atoms with Gasteiger partial charge in [-0.2, -0.15) is 0 Å². The second kappa shape index (κ2) is 3.39. The maximum Gasteiger partial charge on any atom is 0.412 e. The summed E-state index contributed by atoms with van der Waals surface area (Å²) in [5, 5.41) is 2.45. The zero-order chi connectivity index (χ0) is 11.1. The van der Waals surface area contributed by atoms with Crippen molar-refractivity contribution in [3.05, 3.63) is 23.8 Å². The molecular weight excluding hydrogens is 242 g/mol. The molecule has 0 aliphatic carbocycles. The molecule has 0 saturated heterocycles. The molecule has 0 aromatic heterocycles. The minimum atomic E-state index is -3.79. The summed E-state index contributed by atoms with van der Waals surface area (Å²) in [7, 11) is 1.36. The first-order valence-electron chi connectivity index (χ1n) is 4.00. The Kier molecular flexibility index (Phi) is 2.32. The van der Waals surface area contributed by atoms with E-state index in [-0.39, 0.29) is 10.6 Å². The molecule has 0 fully saturated rings. The smallest absolute Gasteiger partial charge is 0.410 e. The van der Waals surface area contributed by atoms with E-state index in [0.717, 1.165) is 0 Å². The minimum Gasteiger partial charge on any atom is -0.410 e. The van der Waals surface area contributed by atoms with Crippen LogP contribution in [-0.2, 0) is 15.6 Å². The van der Waals surface area contributed by atoms with Gasteiger partial charge in [-0.1, -0.05) is 6.07 Å². The Labute approximate surface area is 90.4 Å². The second-order valence-corrected chi connectivity index (χ2v) is 5.52. The molecule has 15 heavy (non-hydrogen) atoms. The predicted octanol–water partition coefficient (Wildman–Crippen LogP) is 1.22. The Morgan fingerprint density at radius 1 is 1.40 bits per heavy atom. The molecule has 0 radical (unpaired) electrons. The zero-order valence-corrected chi connectivity index (χ0v) is 8.93. The molecule has 1 aliphatic heterocycles. The lowest BCUT2D eigenvalue weighted by Gasteiger charge is -2.16. The van der Waals surface area contributed by atoms with Gasteiger partial charge >= 0.3 is 6.09 Å². The normalized spacial score (nSPS) is 15.1. The number of fused-ring (bicyclic) bond motifs is 1. The average molecular weight is 248 g/mol. The van der Waals surface area contributed by atoms with E-state index in [2.05, 4.69) is 5.32 Å². The van der Waals surface area contributed by atoms with Crippen molar-refractivity contribution in [3.8, 4) is 5.75 Å². The highest BCUT2D eigenvalue weighted by molar-refractivity contribution is 8.13. The van der Waals surface area contributed by atoms with Gasteiger partial charge in [0.1, 0.15) is 5.75 Å². The standard InChI is InChI=1S/C8H6ClNO4S/c9-15(12,13)6-2-1-5-4-10-8(11)14-7(5)3-6/h1-3H,4H2,(H,10,11). The van der Waals surface area contributed by atoms with Crippen molar-refractivity contribution >= 4 is 25.8 Å². The Hall–Kier alpha value is -1.27. The molecule has 7 heteroatoms. The fourth-order valence-electron chi connectivity index (χ4n) is 1.23. The van der Waals surface area contributed by atoms with Crippen molar-refractivity contribution < 1.29 is 17.9 Å². The molecule has 1 amide bonds. The highest BCUT2D eigenvalue weighted by Gasteiger charge is 2.19. The Morgan fingerprint density at radius 3 is 2.80 bits per heavy atom. The van der Waals surface area contributed by atoms with Gasteiger partial charge in [0.2, 0.25) is 0 Å². The molecule has 0 spiro atoms. The lowest BCUT2D eigenvalue weighted by Crippen LogP contribution is -2.31. The molecule has 0 bridgehead atoms. The summed E-state index contributed by atoms with van der Waals surface area (Å²) in [4.78, 5) is 10.8. The molecule has 1 aliphatic rings. The second-order valence-electron chi connectivity index (χ2n) is 2.95. The quantitative estimate of drug-likeness (QED) is 0.758. The highest BCUT2D eigenvalue weighted by atomic mass is 35.7. The van der Waals surface area contributed by atoms with Crippen molar-refractivity contribution in [2.45, 2.75) is 11.4 Å². The third kappa shape index (κ3) is 2.05. The largest absolute Gasteiger partial charge is 0.412 e. The lowest BCUT2D eigenvalue weighted by atomic mass is 10.2. The number of nitrogens with one attached hydrogen (secondary N) is 1. The average Bonchev–Trinajstić information content (AvgIpc) is 2.15. The molecule has 1 aromatic carbocycles. The monoisotopic (exact) mass is 247 g/mol. The van der Waals surface area contributed by atoms with Crippen LogP contribution in [0.2, 0.25) is 0 Å². The molecule has 2 rings (SSSR count). The number of benzene rings is 1. The van der Waals surface area contributed by atoms with Crippen LogP contribution in [0.4, 0.5) is 4.79 Å². The van der Waals surface area contributed by atoms with Gasteiger partial charge in [0.15, 0.2) is 0 Å². The summed E-state index contributed by atoms with van der Waals surface area (Å²) in [6.07, 6.45) is -0.605. The number of carbonyl (C=O) groups is 1. The van der Waals surface area contributed by atoms with Gasteiger partial charge in [0.05, 0.1) is 4.90 Å². The van der Waals surface area contributed by atoms with Crippen LogP contribution < -0.4 is 10.1 Å². The maximum absolute atomic E-state index is 11.0. The maximum atomic E-state index is 11.0. The van der Waals surface area contributed by atoms with E-state index in [0.29, 0.717) is 12.1 Å². The van der Waals surface area contributed by atoms with Crippen LogP contribution in [-0.4, -0.2) is 14.5 Å². The minimum absolute atomic E-state index is 0.0855. The van der Waals surface area contributed by atoms with Crippen LogP contribution in [0, 0.1) is 0 Å². The van der Waals surface area contributed by atoms with E-state index < -0.39 is 15.1 Å². The van der Waals surface area contributed by atoms with E-state index in [1.54, 1.807) is 6.07 Å². The third-order valence-electron chi connectivity index (χ3n) is 1.95. The molecule has 1 aromatic rings. The van der Waals surface area contributed by atoms with E-state index in [1.807, 2.05) is 0 Å². The summed E-state index contributed by atoms with van der Waals surface area (Å²) >= 11 is 0. The van der Waals surface area contributed by atoms with Crippen LogP contribution in [0.15, 0.2) is 23.1 Å². The fourth-order valence-corrected chi connectivity index (χ4v) is 2.00. The van der Waals surface area contributed by atoms with Crippen LogP contribution in [0.1, 0.15) is 5.56 Å². The number of hydrogen-bond donors (Lipinski definition) is 1. The Bertz CT molecular complexity index is 525. The van der Waals surface area contributed by atoms with Gasteiger partial charge < -0.3 is 10.1 Å². The van der Waals surface area contributed by atoms with E-state index in [1.165, 1.54) is 12.1 Å². The Morgan fingerprint density at radius 2 is 2.13 bits per heavy atom. The van der Waals surface area contributed by atoms with Gasteiger partial charge in [-0.05, 0) is 6.07 Å². The summed E-state index contributed by atoms with van der Waals surface area (Å²) in [6.45, 7) is 0.316. The number of halogens is 1. The third-order valence-corrected chi connectivity index (χ3v) is 3.30. The van der Waals surface area contributed by atoms with Crippen molar-refractivity contribution in [2.24, 2.45) is 0 Å². The first kappa shape index (κ1) is 10.3. The van der Waals surface area contributed by atoms with E-state index in [9.17, 15) is 13.2 Å². The summed E-state index contributed by atoms with van der Waals surface area (Å²) in [5.74, 6) is 0.223. The molecule has 1 heterocycles. The van der Waals surface area contributed by atoms with Crippen molar-refractivity contribution in [3.63, 3.8) is 0 Å². The van der Waals surface area contributed by atoms with Crippen molar-refractivity contribution in [2.75, 3.05) is 0 Å². The number of amides is 1. The summed E-state index contributed by atoms with van der Waals surface area (Å²) in [6, 6.07) is 4.14. The SMILES string of the molecule is O=C1NCc2ccc(S(=O)(=O)Cl)cc2O1. The van der Waals surface area contributed by atoms with Gasteiger partial charge in [-0.15, -0.1) is 0 Å². The summed E-state index contributed by atoms with van der Waals surface area (Å²) in [5.41, 5.74) is 0.707. The van der Waals surface area contributed by atoms with Crippen molar-refractivity contribution in [1.82, 2.24) is 5.32 Å². The molecular formula is C8H6ClNO4S. The van der Waals surface area contributed by atoms with E-state index in [4.69, 9.17) is 15.4 Å². The van der Waals surface area contributed by atoms with Crippen LogP contribution in [0.5, 0.6) is 5.75 Å². The van der Waals surface area contributed by atoms with Crippen LogP contribution in [0.25, 0.3) is 0 Å². The molecule has 0 saturated carbocycles. The van der Waals surface area contributed by atoms with Gasteiger partial charge in [0, 0.05) is 28.9 Å². The van der Waals surface area contributed by atoms with E-state index >= 15 is 0 Å². The lowest BCUT2D eigenvalue weighted by molar-refractivity contribution is 0.194. The molecule has 5 nitrogen and oxygen atoms in total. The first-order valence-corrected chi connectivity index (χ1v) is 6.31. The van der Waals surface area contributed by atoms with Gasteiger partial charge in [-0.25, -0.2) is 13.2 Å².